The summed E-state index contributed by atoms with van der Waals surface area (Å²) < 4.78 is 174. The largest absolute Gasteiger partial charge is 0.509 e. The lowest BCUT2D eigenvalue weighted by molar-refractivity contribution is -0.204. The lowest BCUT2D eigenvalue weighted by atomic mass is 9.74. The summed E-state index contributed by atoms with van der Waals surface area (Å²) in [5, 5.41) is 38.9. The van der Waals surface area contributed by atoms with E-state index in [-0.39, 0.29) is 49.6 Å². The fourth-order valence-electron chi connectivity index (χ4n) is 17.2. The van der Waals surface area contributed by atoms with Gasteiger partial charge in [0.2, 0.25) is 11.7 Å². The predicted molar refractivity (Wildman–Crippen MR) is 527 cm³/mol. The van der Waals surface area contributed by atoms with Gasteiger partial charge in [-0.05, 0) is 172 Å². The molecule has 806 valence electrons. The molecule has 0 spiro atoms. The molecule has 9 aromatic rings. The monoisotopic (exact) mass is 2160 g/mol. The SMILES string of the molecule is CC(NP(=O)(Cl)Oc1ccccc1)C(=O)OC1CCCCC1.CC(NP(=O)(OCC1(F)OC(n2ccc(=O)[nH]c2=O)C(C)(O)C1O)Oc1ccccc1)C(=O)OC1CCCCC1.CC(NP(=O)(OCC1(F)OC(n2ccc(=O)[nH]c2=O)C(C)(OC(=O)OCc2ccccc2)C1C)Oc1ccccc1)C(=O)OC1CCCCC1.CC1(C(=O)OCc2ccccc2)C(n2ccc(=O)[nH]c2=O)OC(F)(CO)C1C(=O)OCc1ccccc1. The second-order valence-corrected chi connectivity index (χ2v) is 43.0. The van der Waals surface area contributed by atoms with Gasteiger partial charge in [0.25, 0.3) is 22.5 Å². The third-order valence-electron chi connectivity index (χ3n) is 25.5. The molecule has 42 nitrogen and oxygen atoms in total. The first-order valence-electron chi connectivity index (χ1n) is 48.1. The third-order valence-corrected chi connectivity index (χ3v) is 30.3. The van der Waals surface area contributed by atoms with Crippen molar-refractivity contribution in [3.63, 3.8) is 0 Å². The standard InChI is InChI=1S/C34H41FN3O11P.C26H25FN2O8.C25H33FN3O10P.C15H21ClNO4P/c1-23(29(40)46-26-15-9-5-10-16-26)37-50(43,49-27-17-11-6-12-18-27)45-22-34(35)24(2)33(3,30(47-34)38-20-19-28(39)36-31(38)41)48-32(42)44-21-25-13-7-4-8-14-25;1-25(23(33)36-15-18-10-6-3-7-11-18)20(21(32)35-14-17-8-4-2-5-9-17)26(27,16-30)37-22(25)29-13-12-19(31)28-24(29)34;1-16(20(31)37-17-9-5-3-6-10-17)28-40(35,39-18-11-7-4-8-12-18)36-15-25(26)21(32)24(2,34)22(38-25)29-14-13-19(30)27-23(29)33;1-12(15(18)20-13-8-4-2-5-9-13)17-22(16,19)21-14-10-6-3-7-11-14/h4,6-8,11-14,17-20,23-24,26,30H,5,9-10,15-16,21-22H2,1-3H3,(H,37,43)(H,36,39,41);2-13,20,22,30H,14-16H2,1H3,(H,28,31,34);4,7-8,11-14,16-17,21-22,32,34H,3,5-6,9-10,15H2,1-2H3,(H,28,35)(H,27,30,33);3,6-7,10-13H,2,4-5,8-9H2,1H3,(H,17,19). The normalized spacial score (nSPS) is 25.6. The Bertz CT molecular complexity index is 6540. The van der Waals surface area contributed by atoms with Crippen LogP contribution < -0.4 is 62.6 Å². The molecule has 149 heavy (non-hydrogen) atoms. The van der Waals surface area contributed by atoms with Crippen molar-refractivity contribution >= 4 is 69.6 Å². The van der Waals surface area contributed by atoms with E-state index in [1.165, 1.54) is 65.3 Å². The van der Waals surface area contributed by atoms with Crippen molar-refractivity contribution in [3.8, 4) is 17.2 Å². The van der Waals surface area contributed by atoms with Crippen molar-refractivity contribution in [1.29, 1.82) is 0 Å². The molecule has 6 heterocycles. The minimum Gasteiger partial charge on any atom is -0.461 e. The summed E-state index contributed by atoms with van der Waals surface area (Å²) in [4.78, 5) is 156. The highest BCUT2D eigenvalue weighted by molar-refractivity contribution is 7.84. The average molecular weight is 2160 g/mol. The smallest absolute Gasteiger partial charge is 0.461 e. The van der Waals surface area contributed by atoms with Crippen molar-refractivity contribution in [1.82, 2.24) is 43.9 Å². The molecule has 3 aliphatic carbocycles. The summed E-state index contributed by atoms with van der Waals surface area (Å²) in [6, 6.07) is 50.0. The number of hydrogen-bond donors (Lipinski definition) is 9. The molecule has 3 saturated heterocycles. The Balaban J connectivity index is 0.000000182. The number of halogens is 4. The van der Waals surface area contributed by atoms with Gasteiger partial charge in [0.15, 0.2) is 24.3 Å². The van der Waals surface area contributed by atoms with Gasteiger partial charge in [0.05, 0.1) is 5.92 Å². The molecular weight excluding hydrogens is 2040 g/mol. The summed E-state index contributed by atoms with van der Waals surface area (Å²) in [6.07, 6.45) is 7.49. The summed E-state index contributed by atoms with van der Waals surface area (Å²) in [5.41, 5.74) is -9.88. The van der Waals surface area contributed by atoms with Crippen molar-refractivity contribution in [3.05, 3.63) is 298 Å². The van der Waals surface area contributed by atoms with Crippen molar-refractivity contribution in [2.45, 2.75) is 255 Å². The molecule has 6 fully saturated rings. The van der Waals surface area contributed by atoms with E-state index in [0.29, 0.717) is 52.7 Å². The molecule has 3 aromatic heterocycles. The van der Waals surface area contributed by atoms with Gasteiger partial charge >= 0.3 is 75.4 Å². The predicted octanol–water partition coefficient (Wildman–Crippen LogP) is 13.5. The number of nitrogens with zero attached hydrogens (tertiary/aromatic N) is 3. The second kappa shape index (κ2) is 51.5. The molecule has 18 unspecified atom stereocenters. The van der Waals surface area contributed by atoms with Crippen LogP contribution in [0, 0.1) is 17.3 Å². The highest BCUT2D eigenvalue weighted by Gasteiger charge is 2.72. The Morgan fingerprint density at radius 2 is 0.779 bits per heavy atom. The minimum absolute atomic E-state index is 0.0461. The fourth-order valence-corrected chi connectivity index (χ4v) is 21.9. The van der Waals surface area contributed by atoms with Crippen molar-refractivity contribution in [2.75, 3.05) is 19.8 Å². The minimum atomic E-state index is -4.57. The number of aliphatic hydroxyl groups excluding tert-OH is 2. The van der Waals surface area contributed by atoms with Crippen LogP contribution >= 0.6 is 33.6 Å². The van der Waals surface area contributed by atoms with Gasteiger partial charge in [0.1, 0.15) is 116 Å². The Morgan fingerprint density at radius 1 is 0.450 bits per heavy atom. The van der Waals surface area contributed by atoms with E-state index in [2.05, 4.69) is 20.2 Å². The van der Waals surface area contributed by atoms with Crippen LogP contribution in [0.2, 0.25) is 0 Å². The number of nitrogens with one attached hydrogen (secondary N) is 6. The third kappa shape index (κ3) is 30.8. The second-order valence-electron chi connectivity index (χ2n) is 36.9. The van der Waals surface area contributed by atoms with E-state index in [9.17, 15) is 86.5 Å². The number of aromatic amines is 3. The molecule has 0 bridgehead atoms. The molecule has 0 amide bonds. The maximum absolute atomic E-state index is 17.1. The number of aliphatic hydroxyl groups is 3. The van der Waals surface area contributed by atoms with Crippen LogP contribution in [0.4, 0.5) is 18.0 Å². The number of aromatic nitrogens is 6. The van der Waals surface area contributed by atoms with Gasteiger partial charge < -0.3 is 76.3 Å². The number of benzene rings is 6. The van der Waals surface area contributed by atoms with Gasteiger partial charge in [-0.15, -0.1) is 0 Å². The molecule has 18 atom stereocenters. The van der Waals surface area contributed by atoms with E-state index < -0.39 is 201 Å². The zero-order valence-electron chi connectivity index (χ0n) is 82.3. The molecule has 0 radical (unpaired) electrons. The van der Waals surface area contributed by atoms with Crippen LogP contribution in [0.3, 0.4) is 0 Å². The van der Waals surface area contributed by atoms with Crippen LogP contribution in [0.5, 0.6) is 17.2 Å². The Hall–Kier alpha value is -12.3. The van der Waals surface area contributed by atoms with Gasteiger partial charge in [0, 0.05) is 48.0 Å². The Labute approximate surface area is 857 Å². The van der Waals surface area contributed by atoms with Crippen LogP contribution in [-0.4, -0.2) is 171 Å². The summed E-state index contributed by atoms with van der Waals surface area (Å²) >= 11 is 5.87. The number of para-hydroxylation sites is 3. The topological polar surface area (TPSA) is 553 Å². The number of esters is 5. The summed E-state index contributed by atoms with van der Waals surface area (Å²) in [7, 11) is -9.12. The van der Waals surface area contributed by atoms with Crippen LogP contribution in [-0.2, 0) is 114 Å². The van der Waals surface area contributed by atoms with Gasteiger partial charge in [-0.3, -0.25) is 76.1 Å². The number of H-pyrrole nitrogens is 3. The summed E-state index contributed by atoms with van der Waals surface area (Å²) in [6.45, 7) is 1.30. The molecule has 49 heteroatoms. The number of carbonyl (C=O) groups is 6. The van der Waals surface area contributed by atoms with E-state index in [0.717, 1.165) is 117 Å². The first-order valence-corrected chi connectivity index (χ1v) is 53.7. The maximum atomic E-state index is 17.1. The molecular formula is C100H120ClF3N9O33P3. The quantitative estimate of drug-likeness (QED) is 0.00992. The van der Waals surface area contributed by atoms with Crippen molar-refractivity contribution < 1.29 is 141 Å². The molecule has 6 aliphatic rings. The Kier molecular flexibility index (Phi) is 39.9. The number of hydrogen-bond acceptors (Lipinski definition) is 33. The lowest BCUT2D eigenvalue weighted by Crippen LogP contribution is -2.50. The molecule has 9 N–H and O–H groups in total. The molecule has 15 rings (SSSR count). The highest BCUT2D eigenvalue weighted by Crippen LogP contribution is 2.59. The van der Waals surface area contributed by atoms with Crippen LogP contribution in [0.1, 0.15) is 180 Å². The summed E-state index contributed by atoms with van der Waals surface area (Å²) in [5.74, 6) is -16.2. The van der Waals surface area contributed by atoms with Crippen LogP contribution in [0.15, 0.2) is 248 Å². The lowest BCUT2D eigenvalue weighted by Gasteiger charge is -2.33. The van der Waals surface area contributed by atoms with Gasteiger partial charge in [-0.1, -0.05) is 172 Å². The number of carbonyl (C=O) groups excluding carboxylic acids is 6. The van der Waals surface area contributed by atoms with Crippen LogP contribution in [0.25, 0.3) is 0 Å². The van der Waals surface area contributed by atoms with E-state index in [1.54, 1.807) is 159 Å². The number of alkyl halides is 3. The first-order chi connectivity index (χ1) is 70.8. The van der Waals surface area contributed by atoms with Gasteiger partial charge in [-0.25, -0.2) is 51.1 Å². The average Bonchev–Trinajstić information content (AvgIpc) is 1.56. The fraction of sp³-hybridized carbons (Fsp3) is 0.460. The molecule has 6 aromatic carbocycles. The zero-order valence-corrected chi connectivity index (χ0v) is 85.8. The van der Waals surface area contributed by atoms with Gasteiger partial charge in [-0.2, -0.15) is 10.2 Å². The molecule has 3 aliphatic heterocycles. The van der Waals surface area contributed by atoms with E-state index in [4.69, 9.17) is 81.2 Å². The van der Waals surface area contributed by atoms with E-state index >= 15 is 13.2 Å². The molecule has 3 saturated carbocycles. The number of ether oxygens (including phenoxy) is 10. The Morgan fingerprint density at radius 3 is 1.16 bits per heavy atom. The highest BCUT2D eigenvalue weighted by atomic mass is 35.7. The zero-order chi connectivity index (χ0) is 108. The van der Waals surface area contributed by atoms with Crippen molar-refractivity contribution in [2.24, 2.45) is 17.3 Å². The first kappa shape index (κ1) is 115. The maximum Gasteiger partial charge on any atom is 0.509 e. The van der Waals surface area contributed by atoms with E-state index in [1.807, 2.05) is 16.0 Å². The number of rotatable bonds is 37.